The van der Waals surface area contributed by atoms with E-state index in [1.54, 1.807) is 0 Å². The van der Waals surface area contributed by atoms with Crippen molar-refractivity contribution in [3.63, 3.8) is 0 Å². The number of hydrogen-bond donors (Lipinski definition) is 0. The third-order valence-corrected chi connectivity index (χ3v) is 0. The summed E-state index contributed by atoms with van der Waals surface area (Å²) in [5.74, 6) is 0. The molecule has 9 nitrogen and oxygen atoms in total. The maximum atomic E-state index is 8.60. The molecule has 72 valence electrons. The Balaban J connectivity index is -0.0000000270. The number of rotatable bonds is 0. The third-order valence-electron chi connectivity index (χ3n) is 0. The molecule has 0 atom stereocenters. The van der Waals surface area contributed by atoms with Gasteiger partial charge >= 0.3 is 187 Å². The van der Waals surface area contributed by atoms with Crippen LogP contribution in [0.25, 0.3) is 0 Å². The molecular formula is BaKNb3O9. The molecule has 0 aliphatic heterocycles. The van der Waals surface area contributed by atoms with E-state index in [9.17, 15) is 0 Å². The molecule has 0 bridgehead atoms. The summed E-state index contributed by atoms with van der Waals surface area (Å²) in [5, 5.41) is 0. The molecule has 0 aliphatic rings. The van der Waals surface area contributed by atoms with E-state index in [2.05, 4.69) is 0 Å². The van der Waals surface area contributed by atoms with Crippen LogP contribution >= 0.6 is 0 Å². The van der Waals surface area contributed by atoms with Crippen LogP contribution in [0, 0.1) is 0 Å². The standard InChI is InChI=1S/Ba.K.3Nb.9O/q+2;+1;;;;;;;;;;3*-1. The Bertz CT molecular complexity index is 213. The molecule has 0 aromatic carbocycles. The molecule has 0 aliphatic carbocycles. The second-order valence-electron chi connectivity index (χ2n) is 0.671. The van der Waals surface area contributed by atoms with Gasteiger partial charge in [-0.3, -0.25) is 0 Å². The fraction of sp³-hybridized carbons (Fsp3) is 0. The summed E-state index contributed by atoms with van der Waals surface area (Å²) >= 11 is -12.6. The molecule has 0 saturated heterocycles. The van der Waals surface area contributed by atoms with Gasteiger partial charge in [-0.2, -0.15) is 0 Å². The van der Waals surface area contributed by atoms with Crippen LogP contribution in [0.3, 0.4) is 0 Å². The zero-order valence-corrected chi connectivity index (χ0v) is 20.9. The zero-order valence-electron chi connectivity index (χ0n) is 6.72. The molecule has 14 heteroatoms. The fourth-order valence-corrected chi connectivity index (χ4v) is 0. The van der Waals surface area contributed by atoms with Gasteiger partial charge in [0.25, 0.3) is 0 Å². The van der Waals surface area contributed by atoms with Gasteiger partial charge in [-0.1, -0.05) is 0 Å². The van der Waals surface area contributed by atoms with E-state index in [-0.39, 0.29) is 100 Å². The Morgan fingerprint density at radius 1 is 0.571 bits per heavy atom. The molecule has 0 aromatic heterocycles. The Morgan fingerprint density at radius 3 is 0.571 bits per heavy atom. The SMILES string of the molecule is [Ba+2].[K+].[O]=[Nb](=[O])[O-].[O]=[Nb](=[O])[O-].[O]=[Nb](=[O])[O-]. The zero-order chi connectivity index (χ0) is 10.7. The predicted octanol–water partition coefficient (Wildman–Crippen LogP) is -7.66. The second-order valence-corrected chi connectivity index (χ2v) is 3.97. The van der Waals surface area contributed by atoms with Gasteiger partial charge in [0.2, 0.25) is 0 Å². The van der Waals surface area contributed by atoms with E-state index in [0.29, 0.717) is 0 Å². The normalized spacial score (nSPS) is 5.36. The van der Waals surface area contributed by atoms with Gasteiger partial charge in [0.1, 0.15) is 0 Å². The van der Waals surface area contributed by atoms with Crippen LogP contribution in [-0.2, 0) is 75.9 Å². The van der Waals surface area contributed by atoms with Crippen LogP contribution in [-0.4, -0.2) is 48.9 Å². The van der Waals surface area contributed by atoms with Gasteiger partial charge in [-0.15, -0.1) is 0 Å². The van der Waals surface area contributed by atoms with Gasteiger partial charge in [0.05, 0.1) is 0 Å². The molecule has 0 fully saturated rings. The molecule has 0 unspecified atom stereocenters. The molecule has 0 N–H and O–H groups in total. The van der Waals surface area contributed by atoms with Crippen molar-refractivity contribution < 1.29 is 138 Å². The van der Waals surface area contributed by atoms with Crippen molar-refractivity contribution in [3.8, 4) is 0 Å². The minimum absolute atomic E-state index is 0. The van der Waals surface area contributed by atoms with Crippen molar-refractivity contribution in [1.82, 2.24) is 0 Å². The second kappa shape index (κ2) is 25.8. The minimum atomic E-state index is -4.20. The van der Waals surface area contributed by atoms with Crippen molar-refractivity contribution in [1.29, 1.82) is 0 Å². The van der Waals surface area contributed by atoms with E-state index in [4.69, 9.17) is 30.3 Å². The topological polar surface area (TPSA) is 172 Å². The van der Waals surface area contributed by atoms with Gasteiger partial charge < -0.3 is 0 Å². The summed E-state index contributed by atoms with van der Waals surface area (Å²) in [5.41, 5.74) is 0. The maximum absolute atomic E-state index is 8.60. The molecule has 0 heterocycles. The van der Waals surface area contributed by atoms with E-state index in [1.165, 1.54) is 0 Å². The molecular weight excluding hydrogens is 599 g/mol. The Kier molecular flexibility index (Phi) is 56.9. The average Bonchev–Trinajstić information content (AvgIpc) is 1.54. The average molecular weight is 599 g/mol. The first-order chi connectivity index (χ1) is 5.20. The van der Waals surface area contributed by atoms with Crippen LogP contribution in [0.4, 0.5) is 0 Å². The monoisotopic (exact) mass is 600 g/mol. The quantitative estimate of drug-likeness (QED) is 0.246. The van der Waals surface area contributed by atoms with Crippen LogP contribution in [0.1, 0.15) is 0 Å². The molecule has 0 saturated carbocycles. The molecule has 0 radical (unpaired) electrons. The number of hydrogen-bond acceptors (Lipinski definition) is 9. The molecule has 14 heavy (non-hydrogen) atoms. The Morgan fingerprint density at radius 2 is 0.571 bits per heavy atom. The van der Waals surface area contributed by atoms with Crippen LogP contribution < -0.4 is 62.2 Å². The fourth-order valence-electron chi connectivity index (χ4n) is 0. The van der Waals surface area contributed by atoms with Crippen molar-refractivity contribution >= 4 is 48.9 Å². The van der Waals surface area contributed by atoms with E-state index < -0.39 is 56.4 Å². The first-order valence-electron chi connectivity index (χ1n) is 1.64. The van der Waals surface area contributed by atoms with E-state index >= 15 is 0 Å². The van der Waals surface area contributed by atoms with Crippen molar-refractivity contribution in [2.24, 2.45) is 0 Å². The molecule has 0 spiro atoms. The Labute approximate surface area is 181 Å². The summed E-state index contributed by atoms with van der Waals surface area (Å²) < 4.78 is 77.4. The van der Waals surface area contributed by atoms with Gasteiger partial charge in [0.15, 0.2) is 0 Å². The first kappa shape index (κ1) is 30.8. The first-order valence-corrected chi connectivity index (χ1v) is 9.72. The van der Waals surface area contributed by atoms with E-state index in [0.717, 1.165) is 0 Å². The molecule has 0 rings (SSSR count). The van der Waals surface area contributed by atoms with Crippen molar-refractivity contribution in [2.75, 3.05) is 0 Å². The van der Waals surface area contributed by atoms with Crippen LogP contribution in [0.5, 0.6) is 0 Å². The van der Waals surface area contributed by atoms with Crippen LogP contribution in [0.15, 0.2) is 0 Å². The van der Waals surface area contributed by atoms with Gasteiger partial charge in [-0.25, -0.2) is 0 Å². The summed E-state index contributed by atoms with van der Waals surface area (Å²) in [6.45, 7) is 0. The van der Waals surface area contributed by atoms with E-state index in [1.807, 2.05) is 0 Å². The third kappa shape index (κ3) is 218. The van der Waals surface area contributed by atoms with Crippen LogP contribution in [0.2, 0.25) is 0 Å². The van der Waals surface area contributed by atoms with Crippen molar-refractivity contribution in [2.45, 2.75) is 0 Å². The summed E-state index contributed by atoms with van der Waals surface area (Å²) in [6, 6.07) is 0. The van der Waals surface area contributed by atoms with Crippen molar-refractivity contribution in [3.05, 3.63) is 0 Å². The molecule has 0 amide bonds. The summed E-state index contributed by atoms with van der Waals surface area (Å²) in [6.07, 6.45) is 0. The predicted molar refractivity (Wildman–Crippen MR) is 9.87 cm³/mol. The Hall–Kier alpha value is 4.11. The molecule has 0 aromatic rings. The van der Waals surface area contributed by atoms with Gasteiger partial charge in [-0.05, 0) is 0 Å². The van der Waals surface area contributed by atoms with Gasteiger partial charge in [0, 0.05) is 0 Å². The summed E-state index contributed by atoms with van der Waals surface area (Å²) in [7, 11) is 0. The summed E-state index contributed by atoms with van der Waals surface area (Å²) in [4.78, 5) is 0.